The van der Waals surface area contributed by atoms with E-state index in [0.717, 1.165) is 38.5 Å². The van der Waals surface area contributed by atoms with Gasteiger partial charge in [0.1, 0.15) is 6.61 Å². The average molecular weight is 623 g/mol. The van der Waals surface area contributed by atoms with E-state index in [4.69, 9.17) is 9.47 Å². The van der Waals surface area contributed by atoms with Crippen molar-refractivity contribution in [2.24, 2.45) is 0 Å². The van der Waals surface area contributed by atoms with Crippen LogP contribution in [-0.4, -0.2) is 36.4 Å². The van der Waals surface area contributed by atoms with Gasteiger partial charge in [0, 0.05) is 12.8 Å². The van der Waals surface area contributed by atoms with E-state index >= 15 is 0 Å². The van der Waals surface area contributed by atoms with Gasteiger partial charge in [-0.1, -0.05) is 167 Å². The summed E-state index contributed by atoms with van der Waals surface area (Å²) in [6.45, 7) is 4.14. The number of ether oxygens (including phenoxy) is 2. The molecule has 1 unspecified atom stereocenters. The molecule has 1 N–H and O–H groups in total. The molecule has 0 amide bonds. The number of allylic oxidation sites excluding steroid dienone is 2. The topological polar surface area (TPSA) is 72.8 Å². The van der Waals surface area contributed by atoms with Crippen LogP contribution >= 0.6 is 0 Å². The molecule has 44 heavy (non-hydrogen) atoms. The lowest BCUT2D eigenvalue weighted by atomic mass is 10.0. The minimum atomic E-state index is -0.765. The second-order valence-electron chi connectivity index (χ2n) is 13.0. The minimum absolute atomic E-state index is 0.0624. The van der Waals surface area contributed by atoms with Crippen LogP contribution in [0, 0.1) is 0 Å². The van der Waals surface area contributed by atoms with Crippen molar-refractivity contribution in [3.05, 3.63) is 12.2 Å². The van der Waals surface area contributed by atoms with Crippen molar-refractivity contribution in [2.75, 3.05) is 13.2 Å². The molecular weight excluding hydrogens is 548 g/mol. The normalized spacial score (nSPS) is 12.2. The van der Waals surface area contributed by atoms with Gasteiger partial charge in [-0.25, -0.2) is 0 Å². The van der Waals surface area contributed by atoms with Gasteiger partial charge in [0.2, 0.25) is 0 Å². The Morgan fingerprint density at radius 1 is 0.500 bits per heavy atom. The number of carbonyl (C=O) groups is 2. The van der Waals surface area contributed by atoms with Gasteiger partial charge in [-0.15, -0.1) is 0 Å². The van der Waals surface area contributed by atoms with Crippen molar-refractivity contribution in [3.63, 3.8) is 0 Å². The molecule has 5 nitrogen and oxygen atoms in total. The van der Waals surface area contributed by atoms with Crippen molar-refractivity contribution < 1.29 is 24.2 Å². The van der Waals surface area contributed by atoms with Crippen molar-refractivity contribution >= 4 is 11.9 Å². The molecule has 0 aliphatic carbocycles. The number of aliphatic hydroxyl groups excluding tert-OH is 1. The Balaban J connectivity index is 3.53. The van der Waals surface area contributed by atoms with Crippen molar-refractivity contribution in [1.82, 2.24) is 0 Å². The number of esters is 2. The molecule has 0 spiro atoms. The van der Waals surface area contributed by atoms with E-state index < -0.39 is 6.10 Å². The van der Waals surface area contributed by atoms with Crippen LogP contribution < -0.4 is 0 Å². The molecule has 1 atom stereocenters. The maximum absolute atomic E-state index is 12.1. The zero-order valence-corrected chi connectivity index (χ0v) is 29.4. The third-order valence-corrected chi connectivity index (χ3v) is 8.56. The number of carbonyl (C=O) groups excluding carboxylic acids is 2. The first-order valence-corrected chi connectivity index (χ1v) is 19.2. The van der Waals surface area contributed by atoms with Crippen molar-refractivity contribution in [3.8, 4) is 0 Å². The quantitative estimate of drug-likeness (QED) is 0.0432. The fourth-order valence-corrected chi connectivity index (χ4v) is 5.61. The van der Waals surface area contributed by atoms with Gasteiger partial charge in [-0.05, 0) is 38.5 Å². The van der Waals surface area contributed by atoms with Crippen LogP contribution in [0.2, 0.25) is 0 Å². The van der Waals surface area contributed by atoms with E-state index in [1.165, 1.54) is 141 Å². The highest BCUT2D eigenvalue weighted by molar-refractivity contribution is 5.70. The van der Waals surface area contributed by atoms with Crippen LogP contribution in [0.1, 0.15) is 206 Å². The minimum Gasteiger partial charge on any atom is -0.462 e. The molecule has 0 fully saturated rings. The number of hydrogen-bond donors (Lipinski definition) is 1. The van der Waals surface area contributed by atoms with E-state index in [0.29, 0.717) is 12.8 Å². The Hall–Kier alpha value is -1.36. The predicted octanol–water partition coefficient (Wildman–Crippen LogP) is 11.7. The van der Waals surface area contributed by atoms with E-state index in [9.17, 15) is 14.7 Å². The lowest BCUT2D eigenvalue weighted by molar-refractivity contribution is -0.161. The molecule has 0 aromatic heterocycles. The third-order valence-electron chi connectivity index (χ3n) is 8.56. The number of hydrogen-bond acceptors (Lipinski definition) is 5. The molecule has 5 heteroatoms. The lowest BCUT2D eigenvalue weighted by Crippen LogP contribution is -2.28. The fourth-order valence-electron chi connectivity index (χ4n) is 5.61. The fraction of sp³-hybridized carbons (Fsp3) is 0.897. The molecule has 0 aromatic carbocycles. The molecule has 0 saturated heterocycles. The highest BCUT2D eigenvalue weighted by Crippen LogP contribution is 2.14. The first-order chi connectivity index (χ1) is 21.6. The third kappa shape index (κ3) is 33.5. The first-order valence-electron chi connectivity index (χ1n) is 19.2. The number of unbranched alkanes of at least 4 members (excludes halogenated alkanes) is 25. The molecule has 0 heterocycles. The van der Waals surface area contributed by atoms with Crippen LogP contribution in [0.4, 0.5) is 0 Å². The summed E-state index contributed by atoms with van der Waals surface area (Å²) in [6, 6.07) is 0. The summed E-state index contributed by atoms with van der Waals surface area (Å²) in [5.74, 6) is -0.587. The summed E-state index contributed by atoms with van der Waals surface area (Å²) in [5, 5.41) is 9.53. The summed E-state index contributed by atoms with van der Waals surface area (Å²) in [5.41, 5.74) is 0. The molecular formula is C39H74O5. The molecule has 0 aliphatic heterocycles. The predicted molar refractivity (Wildman–Crippen MR) is 187 cm³/mol. The van der Waals surface area contributed by atoms with Gasteiger partial charge in [-0.3, -0.25) is 9.59 Å². The molecule has 0 radical (unpaired) electrons. The van der Waals surface area contributed by atoms with Gasteiger partial charge >= 0.3 is 11.9 Å². The van der Waals surface area contributed by atoms with Crippen LogP contribution in [0.3, 0.4) is 0 Å². The molecule has 0 rings (SSSR count). The zero-order valence-electron chi connectivity index (χ0n) is 29.4. The van der Waals surface area contributed by atoms with Crippen LogP contribution in [0.5, 0.6) is 0 Å². The largest absolute Gasteiger partial charge is 0.462 e. The summed E-state index contributed by atoms with van der Waals surface area (Å²) >= 11 is 0. The Labute approximate surface area is 273 Å². The summed E-state index contributed by atoms with van der Waals surface area (Å²) in [7, 11) is 0. The Bertz CT molecular complexity index is 632. The Morgan fingerprint density at radius 3 is 1.23 bits per heavy atom. The van der Waals surface area contributed by atoms with Crippen LogP contribution in [0.15, 0.2) is 12.2 Å². The standard InChI is InChI=1S/C39H74O5/c1-3-5-7-9-11-13-15-17-18-19-20-22-23-25-27-29-31-33-38(41)43-36-37(35-40)44-39(42)34-32-30-28-26-24-21-16-14-12-10-8-6-4-2/h17-18,37,40H,3-16,19-36H2,1-2H3. The van der Waals surface area contributed by atoms with Gasteiger partial charge in [-0.2, -0.15) is 0 Å². The summed E-state index contributed by atoms with van der Waals surface area (Å²) < 4.78 is 10.6. The molecule has 0 aliphatic rings. The highest BCUT2D eigenvalue weighted by atomic mass is 16.6. The van der Waals surface area contributed by atoms with Gasteiger partial charge in [0.25, 0.3) is 0 Å². The smallest absolute Gasteiger partial charge is 0.306 e. The molecule has 0 aromatic rings. The maximum Gasteiger partial charge on any atom is 0.306 e. The van der Waals surface area contributed by atoms with Crippen molar-refractivity contribution in [1.29, 1.82) is 0 Å². The molecule has 260 valence electrons. The van der Waals surface area contributed by atoms with E-state index in [1.807, 2.05) is 0 Å². The molecule has 0 bridgehead atoms. The number of aliphatic hydroxyl groups is 1. The van der Waals surface area contributed by atoms with E-state index in [1.54, 1.807) is 0 Å². The monoisotopic (exact) mass is 623 g/mol. The van der Waals surface area contributed by atoms with E-state index in [-0.39, 0.29) is 25.2 Å². The highest BCUT2D eigenvalue weighted by Gasteiger charge is 2.16. The second kappa shape index (κ2) is 36.1. The molecule has 0 saturated carbocycles. The summed E-state index contributed by atoms with van der Waals surface area (Å²) in [6.07, 6.45) is 39.8. The van der Waals surface area contributed by atoms with Gasteiger partial charge in [0.15, 0.2) is 6.10 Å². The number of rotatable bonds is 35. The van der Waals surface area contributed by atoms with E-state index in [2.05, 4.69) is 26.0 Å². The zero-order chi connectivity index (χ0) is 32.2. The van der Waals surface area contributed by atoms with Gasteiger partial charge < -0.3 is 14.6 Å². The average Bonchev–Trinajstić information content (AvgIpc) is 3.02. The second-order valence-corrected chi connectivity index (χ2v) is 13.0. The first kappa shape index (κ1) is 42.6. The van der Waals surface area contributed by atoms with Crippen molar-refractivity contribution in [2.45, 2.75) is 213 Å². The van der Waals surface area contributed by atoms with Crippen LogP contribution in [0.25, 0.3) is 0 Å². The maximum atomic E-state index is 12.1. The van der Waals surface area contributed by atoms with Gasteiger partial charge in [0.05, 0.1) is 6.61 Å². The lowest BCUT2D eigenvalue weighted by Gasteiger charge is -2.15. The SMILES string of the molecule is CCCCCCCCC=CCCCCCCCCCC(=O)OCC(CO)OC(=O)CCCCCCCCCCCCCCC. The Kier molecular flexibility index (Phi) is 35.0. The summed E-state index contributed by atoms with van der Waals surface area (Å²) in [4.78, 5) is 24.2. The Morgan fingerprint density at radius 2 is 0.841 bits per heavy atom. The van der Waals surface area contributed by atoms with Crippen LogP contribution in [-0.2, 0) is 19.1 Å².